The SMILES string of the molecule is Cc1cc(O)c(SCCS(=O)(=O)[O-])c(C)c1O.[Na+]. The van der Waals surface area contributed by atoms with E-state index in [1.165, 1.54) is 6.07 Å². The first-order valence-corrected chi connectivity index (χ1v) is 7.37. The van der Waals surface area contributed by atoms with Crippen molar-refractivity contribution < 1.29 is 52.7 Å². The molecule has 5 nitrogen and oxygen atoms in total. The van der Waals surface area contributed by atoms with Gasteiger partial charge in [0.15, 0.2) is 0 Å². The number of hydrogen-bond donors (Lipinski definition) is 2. The van der Waals surface area contributed by atoms with Crippen LogP contribution >= 0.6 is 11.8 Å². The number of benzene rings is 1. The topological polar surface area (TPSA) is 97.7 Å². The molecule has 0 amide bonds. The molecular weight excluding hydrogens is 287 g/mol. The maximum atomic E-state index is 10.4. The molecule has 0 aliphatic carbocycles. The second-order valence-electron chi connectivity index (χ2n) is 3.63. The van der Waals surface area contributed by atoms with E-state index >= 15 is 0 Å². The first kappa shape index (κ1) is 18.1. The van der Waals surface area contributed by atoms with Crippen molar-refractivity contribution in [1.82, 2.24) is 0 Å². The van der Waals surface area contributed by atoms with Crippen molar-refractivity contribution in [2.75, 3.05) is 11.5 Å². The predicted octanol–water partition coefficient (Wildman–Crippen LogP) is -1.64. The zero-order valence-corrected chi connectivity index (χ0v) is 14.1. The van der Waals surface area contributed by atoms with Gasteiger partial charge in [0.25, 0.3) is 0 Å². The van der Waals surface area contributed by atoms with Crippen molar-refractivity contribution in [3.8, 4) is 11.5 Å². The third-order valence-corrected chi connectivity index (χ3v) is 4.41. The molecule has 1 aromatic rings. The number of aromatic hydroxyl groups is 2. The van der Waals surface area contributed by atoms with Gasteiger partial charge >= 0.3 is 29.6 Å². The van der Waals surface area contributed by atoms with Gasteiger partial charge < -0.3 is 14.8 Å². The van der Waals surface area contributed by atoms with Crippen molar-refractivity contribution in [2.24, 2.45) is 0 Å². The maximum Gasteiger partial charge on any atom is 1.00 e. The summed E-state index contributed by atoms with van der Waals surface area (Å²) in [5.74, 6) is -0.421. The summed E-state index contributed by atoms with van der Waals surface area (Å²) in [6.45, 7) is 3.27. The Hall–Kier alpha value is 0.0800. The van der Waals surface area contributed by atoms with Gasteiger partial charge in [-0.2, -0.15) is 0 Å². The Morgan fingerprint density at radius 3 is 2.39 bits per heavy atom. The summed E-state index contributed by atoms with van der Waals surface area (Å²) >= 11 is 1.03. The minimum absolute atomic E-state index is 0. The average molecular weight is 300 g/mol. The van der Waals surface area contributed by atoms with Crippen LogP contribution < -0.4 is 29.6 Å². The normalized spacial score (nSPS) is 11.1. The summed E-state index contributed by atoms with van der Waals surface area (Å²) < 4.78 is 31.3. The fourth-order valence-corrected chi connectivity index (χ4v) is 3.24. The molecule has 0 radical (unpaired) electrons. The molecule has 2 N–H and O–H groups in total. The number of phenols is 2. The maximum absolute atomic E-state index is 10.4. The van der Waals surface area contributed by atoms with E-state index in [1.807, 2.05) is 0 Å². The number of thioether (sulfide) groups is 1. The average Bonchev–Trinajstić information content (AvgIpc) is 2.18. The van der Waals surface area contributed by atoms with E-state index in [0.29, 0.717) is 16.0 Å². The van der Waals surface area contributed by atoms with Crippen LogP contribution in [0.5, 0.6) is 11.5 Å². The minimum atomic E-state index is -4.25. The summed E-state index contributed by atoms with van der Waals surface area (Å²) in [5, 5.41) is 19.3. The number of hydrogen-bond acceptors (Lipinski definition) is 6. The van der Waals surface area contributed by atoms with E-state index in [2.05, 4.69) is 0 Å². The van der Waals surface area contributed by atoms with Crippen molar-refractivity contribution in [3.63, 3.8) is 0 Å². The Labute approximate surface area is 133 Å². The number of rotatable bonds is 4. The Morgan fingerprint density at radius 1 is 1.33 bits per heavy atom. The minimum Gasteiger partial charge on any atom is -0.748 e. The first-order chi connectivity index (χ1) is 7.72. The van der Waals surface area contributed by atoms with Crippen molar-refractivity contribution >= 4 is 21.9 Å². The molecule has 0 aliphatic rings. The third kappa shape index (κ3) is 4.99. The smallest absolute Gasteiger partial charge is 0.748 e. The molecule has 0 aromatic heterocycles. The molecule has 0 atom stereocenters. The summed E-state index contributed by atoms with van der Waals surface area (Å²) in [4.78, 5) is 0.400. The molecule has 0 aliphatic heterocycles. The predicted molar refractivity (Wildman–Crippen MR) is 64.5 cm³/mol. The Kier molecular flexibility index (Phi) is 7.05. The van der Waals surface area contributed by atoms with Crippen LogP contribution in [0.3, 0.4) is 0 Å². The van der Waals surface area contributed by atoms with E-state index in [4.69, 9.17) is 0 Å². The van der Waals surface area contributed by atoms with Crippen LogP contribution in [-0.2, 0) is 10.1 Å². The van der Waals surface area contributed by atoms with Gasteiger partial charge in [0.05, 0.1) is 15.0 Å². The number of phenolic OH excluding ortho intramolecular Hbond substituents is 2. The summed E-state index contributed by atoms with van der Waals surface area (Å²) in [6.07, 6.45) is 0. The van der Waals surface area contributed by atoms with Gasteiger partial charge in [-0.05, 0) is 25.5 Å². The van der Waals surface area contributed by atoms with Gasteiger partial charge in [-0.25, -0.2) is 8.42 Å². The first-order valence-electron chi connectivity index (χ1n) is 4.81. The van der Waals surface area contributed by atoms with Crippen LogP contribution in [0, 0.1) is 13.8 Å². The number of aryl methyl sites for hydroxylation is 1. The summed E-state index contributed by atoms with van der Waals surface area (Å²) in [5.41, 5.74) is 1.02. The van der Waals surface area contributed by atoms with Crippen molar-refractivity contribution in [1.29, 1.82) is 0 Å². The van der Waals surface area contributed by atoms with Crippen LogP contribution in [0.25, 0.3) is 0 Å². The van der Waals surface area contributed by atoms with E-state index in [1.54, 1.807) is 13.8 Å². The van der Waals surface area contributed by atoms with Crippen molar-refractivity contribution in [3.05, 3.63) is 17.2 Å². The monoisotopic (exact) mass is 300 g/mol. The molecule has 0 heterocycles. The van der Waals surface area contributed by atoms with Gasteiger partial charge in [0, 0.05) is 17.1 Å². The molecule has 8 heteroatoms. The zero-order chi connectivity index (χ0) is 13.2. The van der Waals surface area contributed by atoms with E-state index in [-0.39, 0.29) is 46.8 Å². The Morgan fingerprint density at radius 2 is 1.89 bits per heavy atom. The largest absolute Gasteiger partial charge is 1.00 e. The van der Waals surface area contributed by atoms with Gasteiger partial charge in [0.1, 0.15) is 11.5 Å². The molecule has 96 valence electrons. The van der Waals surface area contributed by atoms with Crippen molar-refractivity contribution in [2.45, 2.75) is 18.7 Å². The molecular formula is C10H13NaO5S2. The van der Waals surface area contributed by atoms with Gasteiger partial charge in [-0.15, -0.1) is 11.8 Å². The Bertz CT molecular complexity index is 528. The van der Waals surface area contributed by atoms with Gasteiger partial charge in [-0.3, -0.25) is 0 Å². The molecule has 1 rings (SSSR count). The molecule has 0 saturated carbocycles. The van der Waals surface area contributed by atoms with Crippen LogP contribution in [0.4, 0.5) is 0 Å². The van der Waals surface area contributed by atoms with Gasteiger partial charge in [0.2, 0.25) is 0 Å². The second-order valence-corrected chi connectivity index (χ2v) is 6.25. The van der Waals surface area contributed by atoms with Crippen LogP contribution in [0.15, 0.2) is 11.0 Å². The van der Waals surface area contributed by atoms with Gasteiger partial charge in [-0.1, -0.05) is 0 Å². The molecule has 0 saturated heterocycles. The van der Waals surface area contributed by atoms with Crippen LogP contribution in [0.1, 0.15) is 11.1 Å². The molecule has 0 bridgehead atoms. The summed E-state index contributed by atoms with van der Waals surface area (Å²) in [6, 6.07) is 1.40. The van der Waals surface area contributed by atoms with Crippen LogP contribution in [0.2, 0.25) is 0 Å². The fourth-order valence-electron chi connectivity index (χ4n) is 1.36. The molecule has 0 spiro atoms. The van der Waals surface area contributed by atoms with Crippen LogP contribution in [-0.4, -0.2) is 34.7 Å². The van der Waals surface area contributed by atoms with E-state index < -0.39 is 15.9 Å². The molecule has 1 aromatic carbocycles. The molecule has 18 heavy (non-hydrogen) atoms. The standard InChI is InChI=1S/C10H14O5S2.Na/c1-6-5-8(11)10(7(2)9(6)12)16-3-4-17(13,14)15;/h5,11-12H,3-4H2,1-2H3,(H,13,14,15);/q;+1/p-1. The second kappa shape index (κ2) is 7.02. The molecule has 0 unspecified atom stereocenters. The third-order valence-electron chi connectivity index (χ3n) is 2.23. The zero-order valence-electron chi connectivity index (χ0n) is 10.4. The molecule has 0 fully saturated rings. The fraction of sp³-hybridized carbons (Fsp3) is 0.400. The van der Waals surface area contributed by atoms with E-state index in [0.717, 1.165) is 11.8 Å². The van der Waals surface area contributed by atoms with E-state index in [9.17, 15) is 23.2 Å². The summed E-state index contributed by atoms with van der Waals surface area (Å²) in [7, 11) is -4.25. The Balaban J connectivity index is 0.00000289. The quantitative estimate of drug-likeness (QED) is 0.299.